The lowest BCUT2D eigenvalue weighted by molar-refractivity contribution is 0.0525. The molecule has 1 aliphatic rings. The van der Waals surface area contributed by atoms with E-state index in [1.54, 1.807) is 37.6 Å². The van der Waals surface area contributed by atoms with Gasteiger partial charge in [-0.2, -0.15) is 0 Å². The fourth-order valence-electron chi connectivity index (χ4n) is 3.94. The molecule has 0 saturated carbocycles. The van der Waals surface area contributed by atoms with Crippen molar-refractivity contribution in [1.82, 2.24) is 24.9 Å². The molecule has 12 heteroatoms. The molecule has 0 aliphatic carbocycles. The van der Waals surface area contributed by atoms with Crippen LogP contribution in [0.3, 0.4) is 0 Å². The molecular formula is C25H27N7O4S. The maximum absolute atomic E-state index is 11.9. The first-order valence-electron chi connectivity index (χ1n) is 11.9. The van der Waals surface area contributed by atoms with Crippen LogP contribution < -0.4 is 14.5 Å². The second-order valence-electron chi connectivity index (χ2n) is 8.33. The third-order valence-electron chi connectivity index (χ3n) is 5.80. The summed E-state index contributed by atoms with van der Waals surface area (Å²) in [6.07, 6.45) is 4.69. The summed E-state index contributed by atoms with van der Waals surface area (Å²) in [6.45, 7) is 5.48. The molecule has 0 aromatic carbocycles. The number of anilines is 2. The summed E-state index contributed by atoms with van der Waals surface area (Å²) in [5.41, 5.74) is 2.01. The number of fused-ring (bicyclic) bond motifs is 1. The number of esters is 1. The number of ether oxygens (including phenoxy) is 3. The zero-order valence-corrected chi connectivity index (χ0v) is 21.7. The number of nitrogens with zero attached hydrogens (tertiary/aromatic N) is 7. The third-order valence-corrected chi connectivity index (χ3v) is 6.91. The van der Waals surface area contributed by atoms with Gasteiger partial charge in [-0.3, -0.25) is 0 Å². The Kier molecular flexibility index (Phi) is 7.37. The molecule has 4 aromatic heterocycles. The minimum atomic E-state index is -0.432. The van der Waals surface area contributed by atoms with E-state index in [0.29, 0.717) is 49.6 Å². The molecule has 1 fully saturated rings. The standard InChI is InChI=1S/C25H27N7O4S/c1-4-36-24(33)17-13-27-25(28-14-17)31(2)15-18-11-19-21(37-18)23(32-7-9-35-10-8-32)30-22(29-19)16-5-6-20(34-3)26-12-16/h5-6,11-14H,4,7-10,15H2,1-3H3. The van der Waals surface area contributed by atoms with E-state index in [9.17, 15) is 4.79 Å². The molecule has 37 heavy (non-hydrogen) atoms. The molecule has 0 N–H and O–H groups in total. The molecule has 0 unspecified atom stereocenters. The number of hydrogen-bond donors (Lipinski definition) is 0. The number of carbonyl (C=O) groups excluding carboxylic acids is 1. The summed E-state index contributed by atoms with van der Waals surface area (Å²) in [5, 5.41) is 0. The predicted octanol–water partition coefficient (Wildman–Crippen LogP) is 3.20. The van der Waals surface area contributed by atoms with Gasteiger partial charge in [0.1, 0.15) is 0 Å². The number of morpholine rings is 1. The van der Waals surface area contributed by atoms with E-state index in [4.69, 9.17) is 24.2 Å². The Hall–Kier alpha value is -3.90. The molecule has 1 saturated heterocycles. The Morgan fingerprint density at radius 3 is 2.59 bits per heavy atom. The highest BCUT2D eigenvalue weighted by Gasteiger charge is 2.21. The largest absolute Gasteiger partial charge is 0.481 e. The van der Waals surface area contributed by atoms with Gasteiger partial charge in [0.15, 0.2) is 11.6 Å². The SMILES string of the molecule is CCOC(=O)c1cnc(N(C)Cc2cc3nc(-c4ccc(OC)nc4)nc(N4CCOCC4)c3s2)nc1. The molecular weight excluding hydrogens is 494 g/mol. The topological polar surface area (TPSA) is 116 Å². The average Bonchev–Trinajstić information content (AvgIpc) is 3.35. The van der Waals surface area contributed by atoms with Crippen molar-refractivity contribution >= 4 is 39.3 Å². The van der Waals surface area contributed by atoms with Gasteiger partial charge < -0.3 is 24.0 Å². The Labute approximate surface area is 218 Å². The van der Waals surface area contributed by atoms with Gasteiger partial charge in [0.05, 0.1) is 49.3 Å². The molecule has 11 nitrogen and oxygen atoms in total. The van der Waals surface area contributed by atoms with Crippen molar-refractivity contribution in [2.24, 2.45) is 0 Å². The van der Waals surface area contributed by atoms with E-state index < -0.39 is 5.97 Å². The van der Waals surface area contributed by atoms with Crippen LogP contribution in [0.1, 0.15) is 22.2 Å². The van der Waals surface area contributed by atoms with Crippen molar-refractivity contribution in [2.45, 2.75) is 13.5 Å². The minimum absolute atomic E-state index is 0.304. The lowest BCUT2D eigenvalue weighted by atomic mass is 10.2. The van der Waals surface area contributed by atoms with Crippen LogP contribution in [0.2, 0.25) is 0 Å². The van der Waals surface area contributed by atoms with E-state index in [-0.39, 0.29) is 0 Å². The zero-order chi connectivity index (χ0) is 25.8. The second-order valence-corrected chi connectivity index (χ2v) is 9.47. The summed E-state index contributed by atoms with van der Waals surface area (Å²) >= 11 is 1.65. The van der Waals surface area contributed by atoms with Crippen LogP contribution in [-0.2, 0) is 16.0 Å². The van der Waals surface area contributed by atoms with Gasteiger partial charge in [-0.1, -0.05) is 0 Å². The number of pyridine rings is 1. The van der Waals surface area contributed by atoms with E-state index in [1.807, 2.05) is 18.0 Å². The molecule has 0 bridgehead atoms. The van der Waals surface area contributed by atoms with Crippen LogP contribution in [-0.4, -0.2) is 78.0 Å². The smallest absolute Gasteiger partial charge is 0.341 e. The number of rotatable bonds is 8. The molecule has 0 spiro atoms. The summed E-state index contributed by atoms with van der Waals surface area (Å²) in [6, 6.07) is 5.79. The van der Waals surface area contributed by atoms with Crippen molar-refractivity contribution in [3.63, 3.8) is 0 Å². The molecule has 0 amide bonds. The van der Waals surface area contributed by atoms with Crippen molar-refractivity contribution in [3.8, 4) is 17.3 Å². The molecule has 1 aliphatic heterocycles. The number of carbonyl (C=O) groups is 1. The lowest BCUT2D eigenvalue weighted by Crippen LogP contribution is -2.36. The summed E-state index contributed by atoms with van der Waals surface area (Å²) in [4.78, 5) is 40.0. The van der Waals surface area contributed by atoms with Gasteiger partial charge in [0, 0.05) is 55.2 Å². The molecule has 4 aromatic rings. The quantitative estimate of drug-likeness (QED) is 0.318. The second kappa shape index (κ2) is 11.0. The predicted molar refractivity (Wildman–Crippen MR) is 140 cm³/mol. The Morgan fingerprint density at radius 1 is 1.14 bits per heavy atom. The number of thiophene rings is 1. The zero-order valence-electron chi connectivity index (χ0n) is 20.9. The fourth-order valence-corrected chi connectivity index (χ4v) is 5.10. The van der Waals surface area contributed by atoms with Gasteiger partial charge >= 0.3 is 5.97 Å². The lowest BCUT2D eigenvalue weighted by Gasteiger charge is -2.28. The average molecular weight is 522 g/mol. The molecule has 5 heterocycles. The van der Waals surface area contributed by atoms with Gasteiger partial charge in [-0.25, -0.2) is 29.7 Å². The van der Waals surface area contributed by atoms with Crippen LogP contribution in [0.25, 0.3) is 21.6 Å². The molecule has 5 rings (SSSR count). The Morgan fingerprint density at radius 2 is 1.92 bits per heavy atom. The maximum atomic E-state index is 11.9. The number of methoxy groups -OCH3 is 1. The highest BCUT2D eigenvalue weighted by molar-refractivity contribution is 7.19. The summed E-state index contributed by atoms with van der Waals surface area (Å²) in [7, 11) is 3.50. The van der Waals surface area contributed by atoms with E-state index in [2.05, 4.69) is 25.9 Å². The summed E-state index contributed by atoms with van der Waals surface area (Å²) in [5.74, 6) is 2.12. The van der Waals surface area contributed by atoms with Crippen molar-refractivity contribution < 1.29 is 19.0 Å². The van der Waals surface area contributed by atoms with Crippen LogP contribution in [0.15, 0.2) is 36.8 Å². The monoisotopic (exact) mass is 521 g/mol. The van der Waals surface area contributed by atoms with E-state index in [0.717, 1.165) is 39.6 Å². The first kappa shape index (κ1) is 24.8. The summed E-state index contributed by atoms with van der Waals surface area (Å²) < 4.78 is 16.8. The number of hydrogen-bond acceptors (Lipinski definition) is 12. The van der Waals surface area contributed by atoms with Crippen molar-refractivity contribution in [1.29, 1.82) is 0 Å². The normalized spacial score (nSPS) is 13.5. The Bertz CT molecular complexity index is 1370. The molecule has 192 valence electrons. The van der Waals surface area contributed by atoms with Crippen molar-refractivity contribution in [2.75, 3.05) is 56.9 Å². The van der Waals surface area contributed by atoms with Crippen LogP contribution >= 0.6 is 11.3 Å². The van der Waals surface area contributed by atoms with E-state index >= 15 is 0 Å². The minimum Gasteiger partial charge on any atom is -0.481 e. The van der Waals surface area contributed by atoms with Crippen LogP contribution in [0.4, 0.5) is 11.8 Å². The van der Waals surface area contributed by atoms with Gasteiger partial charge in [0.25, 0.3) is 0 Å². The first-order chi connectivity index (χ1) is 18.1. The van der Waals surface area contributed by atoms with Crippen LogP contribution in [0, 0.1) is 0 Å². The number of aromatic nitrogens is 5. The van der Waals surface area contributed by atoms with E-state index in [1.165, 1.54) is 12.4 Å². The fraction of sp³-hybridized carbons (Fsp3) is 0.360. The molecule has 0 atom stereocenters. The third kappa shape index (κ3) is 5.44. The van der Waals surface area contributed by atoms with Crippen molar-refractivity contribution in [3.05, 3.63) is 47.2 Å². The highest BCUT2D eigenvalue weighted by atomic mass is 32.1. The van der Waals surface area contributed by atoms with Gasteiger partial charge in [-0.15, -0.1) is 11.3 Å². The van der Waals surface area contributed by atoms with Gasteiger partial charge in [0.2, 0.25) is 11.8 Å². The molecule has 0 radical (unpaired) electrons. The maximum Gasteiger partial charge on any atom is 0.341 e. The highest BCUT2D eigenvalue weighted by Crippen LogP contribution is 2.35. The Balaban J connectivity index is 1.45. The first-order valence-corrected chi connectivity index (χ1v) is 12.7. The van der Waals surface area contributed by atoms with Gasteiger partial charge in [-0.05, 0) is 19.1 Å². The van der Waals surface area contributed by atoms with Crippen LogP contribution in [0.5, 0.6) is 5.88 Å².